The molecule has 0 aromatic rings. The van der Waals surface area contributed by atoms with Crippen molar-refractivity contribution < 1.29 is 18.0 Å². The number of nitrogens with two attached hydrogens (primary N) is 1. The first-order valence-corrected chi connectivity index (χ1v) is 6.24. The molecule has 0 aromatic heterocycles. The summed E-state index contributed by atoms with van der Waals surface area (Å²) in [5, 5.41) is -1.63. The van der Waals surface area contributed by atoms with Crippen LogP contribution in [0.2, 0.25) is 13.1 Å². The first-order valence-electron chi connectivity index (χ1n) is 3.03. The van der Waals surface area contributed by atoms with Gasteiger partial charge in [0.05, 0.1) is 0 Å². The van der Waals surface area contributed by atoms with Crippen molar-refractivity contribution in [1.82, 2.24) is 0 Å². The molecule has 0 unspecified atom stereocenters. The molecule has 2 nitrogen and oxygen atoms in total. The summed E-state index contributed by atoms with van der Waals surface area (Å²) in [6.07, 6.45) is -4.87. The number of carbonyl (C=O) groups excluding carboxylic acids is 1. The highest BCUT2D eigenvalue weighted by Gasteiger charge is 2.47. The van der Waals surface area contributed by atoms with Crippen LogP contribution in [0.3, 0.4) is 0 Å². The average molecular weight is 185 g/mol. The molecule has 0 aromatic carbocycles. The quantitative estimate of drug-likeness (QED) is 0.648. The van der Waals surface area contributed by atoms with Crippen LogP contribution in [0.5, 0.6) is 0 Å². The zero-order valence-corrected chi connectivity index (χ0v) is 7.33. The molecule has 0 heterocycles. The largest absolute Gasteiger partial charge is 0.444 e. The maximum atomic E-state index is 11.8. The summed E-state index contributed by atoms with van der Waals surface area (Å²) in [6, 6.07) is 0. The van der Waals surface area contributed by atoms with Crippen LogP contribution in [-0.4, -0.2) is 25.8 Å². The predicted molar refractivity (Wildman–Crippen MR) is 37.6 cm³/mol. The van der Waals surface area contributed by atoms with E-state index >= 15 is 0 Å². The number of rotatable bonds is 2. The molecule has 11 heavy (non-hydrogen) atoms. The molecular weight excluding hydrogens is 175 g/mol. The number of hydrogen-bond donors (Lipinski definition) is 1. The second-order valence-corrected chi connectivity index (χ2v) is 7.55. The minimum atomic E-state index is -4.71. The van der Waals surface area contributed by atoms with Crippen LogP contribution in [0.1, 0.15) is 0 Å². The van der Waals surface area contributed by atoms with Gasteiger partial charge in [0.25, 0.3) is 0 Å². The Hall–Kier alpha value is -0.363. The summed E-state index contributed by atoms with van der Waals surface area (Å²) in [4.78, 5) is 10.6. The lowest BCUT2D eigenvalue weighted by Crippen LogP contribution is -2.52. The number of hydrogen-bond acceptors (Lipinski definition) is 2. The Kier molecular flexibility index (Phi) is 2.84. The van der Waals surface area contributed by atoms with Crippen molar-refractivity contribution in [2.45, 2.75) is 19.3 Å². The van der Waals surface area contributed by atoms with Gasteiger partial charge >= 0.3 is 6.18 Å². The minimum Gasteiger partial charge on any atom is -0.332 e. The Morgan fingerprint density at radius 1 is 1.45 bits per heavy atom. The summed E-state index contributed by atoms with van der Waals surface area (Å²) in [5.74, 6) is 0. The summed E-state index contributed by atoms with van der Waals surface area (Å²) in [6.45, 7) is 2.62. The van der Waals surface area contributed by atoms with Crippen LogP contribution in [0, 0.1) is 0 Å². The predicted octanol–water partition coefficient (Wildman–Crippen LogP) is 0.863. The Balaban J connectivity index is 4.50. The molecule has 0 bridgehead atoms. The minimum absolute atomic E-state index is 0.161. The Labute approximate surface area is 63.6 Å². The molecule has 0 saturated carbocycles. The number of halogens is 3. The van der Waals surface area contributed by atoms with Gasteiger partial charge in [0.2, 0.25) is 5.41 Å². The Bertz CT molecular complexity index is 166. The third kappa shape index (κ3) is 2.62. The normalized spacial score (nSPS) is 13.3. The van der Waals surface area contributed by atoms with Gasteiger partial charge in [-0.1, -0.05) is 13.1 Å². The fourth-order valence-electron chi connectivity index (χ4n) is 0.476. The van der Waals surface area contributed by atoms with Gasteiger partial charge in [0, 0.05) is 0 Å². The molecule has 0 atom stereocenters. The van der Waals surface area contributed by atoms with E-state index in [-0.39, 0.29) is 6.17 Å². The fraction of sp³-hybridized carbons (Fsp3) is 0.800. The van der Waals surface area contributed by atoms with Crippen molar-refractivity contribution >= 4 is 13.5 Å². The molecule has 0 aliphatic rings. The molecule has 6 heteroatoms. The van der Waals surface area contributed by atoms with Gasteiger partial charge in [-0.3, -0.25) is 4.79 Å². The molecule has 0 amide bonds. The molecule has 0 aliphatic carbocycles. The maximum absolute atomic E-state index is 11.8. The molecular formula is C5H10F3NOSi. The van der Waals surface area contributed by atoms with Crippen LogP contribution >= 0.6 is 0 Å². The van der Waals surface area contributed by atoms with Crippen molar-refractivity contribution in [2.24, 2.45) is 5.73 Å². The third-order valence-electron chi connectivity index (χ3n) is 1.38. The second kappa shape index (κ2) is 2.94. The van der Waals surface area contributed by atoms with E-state index < -0.39 is 19.7 Å². The molecule has 0 rings (SSSR count). The monoisotopic (exact) mass is 185 g/mol. The van der Waals surface area contributed by atoms with E-state index in [1.54, 1.807) is 0 Å². The van der Waals surface area contributed by atoms with Crippen molar-refractivity contribution in [3.05, 3.63) is 0 Å². The van der Waals surface area contributed by atoms with Crippen molar-refractivity contribution in [3.63, 3.8) is 0 Å². The molecule has 0 radical (unpaired) electrons. The lowest BCUT2D eigenvalue weighted by molar-refractivity contribution is -0.162. The van der Waals surface area contributed by atoms with E-state index in [4.69, 9.17) is 5.73 Å². The zero-order valence-electron chi connectivity index (χ0n) is 6.33. The van der Waals surface area contributed by atoms with Crippen LogP contribution in [0.25, 0.3) is 0 Å². The van der Waals surface area contributed by atoms with Gasteiger partial charge in [-0.05, 0) is 6.17 Å². The Morgan fingerprint density at radius 2 is 1.82 bits per heavy atom. The van der Waals surface area contributed by atoms with E-state index in [2.05, 4.69) is 0 Å². The molecule has 2 N–H and O–H groups in total. The number of carbonyl (C=O) groups is 1. The zero-order chi connectivity index (χ0) is 9.28. The van der Waals surface area contributed by atoms with E-state index in [0.717, 1.165) is 0 Å². The molecule has 0 aliphatic heterocycles. The lowest BCUT2D eigenvalue weighted by Gasteiger charge is -2.19. The highest BCUT2D eigenvalue weighted by atomic mass is 28.3. The molecule has 0 spiro atoms. The summed E-state index contributed by atoms with van der Waals surface area (Å²) in [5.41, 5.74) is 5.04. The molecule has 0 saturated heterocycles. The van der Waals surface area contributed by atoms with Gasteiger partial charge in [-0.2, -0.15) is 13.2 Å². The van der Waals surface area contributed by atoms with Gasteiger partial charge in [-0.15, -0.1) is 0 Å². The van der Waals surface area contributed by atoms with Crippen LogP contribution in [0.15, 0.2) is 0 Å². The summed E-state index contributed by atoms with van der Waals surface area (Å²) >= 11 is 0. The van der Waals surface area contributed by atoms with Crippen LogP contribution in [-0.2, 0) is 4.79 Å². The molecule has 0 fully saturated rings. The van der Waals surface area contributed by atoms with Crippen LogP contribution in [0.4, 0.5) is 13.2 Å². The third-order valence-corrected chi connectivity index (χ3v) is 3.92. The van der Waals surface area contributed by atoms with Gasteiger partial charge in [0.1, 0.15) is 0 Å². The second-order valence-electron chi connectivity index (χ2n) is 2.91. The average Bonchev–Trinajstić information content (AvgIpc) is 1.84. The van der Waals surface area contributed by atoms with Crippen molar-refractivity contribution in [1.29, 1.82) is 0 Å². The SMILES string of the molecule is C[Si](C)(CN)C(=O)C(F)(F)F. The maximum Gasteiger partial charge on any atom is 0.444 e. The first-order chi connectivity index (χ1) is 4.72. The molecule has 66 valence electrons. The van der Waals surface area contributed by atoms with Gasteiger partial charge in [-0.25, -0.2) is 0 Å². The smallest absolute Gasteiger partial charge is 0.332 e. The first kappa shape index (κ1) is 10.6. The standard InChI is InChI=1S/C5H10F3NOSi/c1-11(2,3-9)4(10)5(6,7)8/h3,9H2,1-2H3. The fourth-order valence-corrected chi connectivity index (χ4v) is 1.43. The van der Waals surface area contributed by atoms with Crippen molar-refractivity contribution in [2.75, 3.05) is 6.17 Å². The Morgan fingerprint density at radius 3 is 1.91 bits per heavy atom. The summed E-state index contributed by atoms with van der Waals surface area (Å²) < 4.78 is 35.3. The van der Waals surface area contributed by atoms with E-state index in [0.29, 0.717) is 0 Å². The highest BCUT2D eigenvalue weighted by Crippen LogP contribution is 2.21. The van der Waals surface area contributed by atoms with Crippen molar-refractivity contribution in [3.8, 4) is 0 Å². The highest BCUT2D eigenvalue weighted by molar-refractivity contribution is 7.05. The van der Waals surface area contributed by atoms with Crippen LogP contribution < -0.4 is 5.73 Å². The summed E-state index contributed by atoms with van der Waals surface area (Å²) in [7, 11) is -2.90. The number of alkyl halides is 3. The topological polar surface area (TPSA) is 43.1 Å². The van der Waals surface area contributed by atoms with Gasteiger partial charge < -0.3 is 5.73 Å². The lowest BCUT2D eigenvalue weighted by atomic mass is 10.7. The van der Waals surface area contributed by atoms with E-state index in [9.17, 15) is 18.0 Å². The van der Waals surface area contributed by atoms with E-state index in [1.807, 2.05) is 0 Å². The van der Waals surface area contributed by atoms with E-state index in [1.165, 1.54) is 13.1 Å². The van der Waals surface area contributed by atoms with Gasteiger partial charge in [0.15, 0.2) is 8.07 Å².